The van der Waals surface area contributed by atoms with Crippen molar-refractivity contribution >= 4 is 5.90 Å². The van der Waals surface area contributed by atoms with Crippen molar-refractivity contribution in [3.8, 4) is 0 Å². The van der Waals surface area contributed by atoms with Gasteiger partial charge in [0.15, 0.2) is 6.17 Å². The average molecular weight is 275 g/mol. The molecular formula is C16H25N3O. The molecular weight excluding hydrogens is 250 g/mol. The van der Waals surface area contributed by atoms with Crippen LogP contribution in [-0.4, -0.2) is 30.6 Å². The molecule has 1 aliphatic heterocycles. The Morgan fingerprint density at radius 2 is 2.00 bits per heavy atom. The summed E-state index contributed by atoms with van der Waals surface area (Å²) in [5.41, 5.74) is 1.19. The van der Waals surface area contributed by atoms with Crippen LogP contribution in [0.2, 0.25) is 0 Å². The largest absolute Gasteiger partial charge is 0.388 e. The van der Waals surface area contributed by atoms with Crippen LogP contribution in [0.15, 0.2) is 35.3 Å². The lowest BCUT2D eigenvalue weighted by Gasteiger charge is -2.19. The van der Waals surface area contributed by atoms with E-state index in [0.29, 0.717) is 0 Å². The molecule has 1 N–H and O–H groups in total. The van der Waals surface area contributed by atoms with Crippen molar-refractivity contribution in [1.82, 2.24) is 10.4 Å². The minimum atomic E-state index is 0.0185. The monoisotopic (exact) mass is 275 g/mol. The Hall–Kier alpha value is -1.39. The van der Waals surface area contributed by atoms with Crippen LogP contribution in [0.25, 0.3) is 0 Å². The Kier molecular flexibility index (Phi) is 6.02. The number of hydroxylamine groups is 2. The van der Waals surface area contributed by atoms with Gasteiger partial charge in [-0.05, 0) is 38.4 Å². The molecule has 1 atom stereocenters. The summed E-state index contributed by atoms with van der Waals surface area (Å²) in [6.07, 6.45) is 3.22. The lowest BCUT2D eigenvalue weighted by atomic mass is 10.2. The number of hydrogen-bond acceptors (Lipinski definition) is 4. The van der Waals surface area contributed by atoms with E-state index < -0.39 is 0 Å². The van der Waals surface area contributed by atoms with Crippen LogP contribution in [0.3, 0.4) is 0 Å². The minimum Gasteiger partial charge on any atom is -0.388 e. The summed E-state index contributed by atoms with van der Waals surface area (Å²) in [6, 6.07) is 10.3. The highest BCUT2D eigenvalue weighted by atomic mass is 16.7. The molecule has 0 aromatic heterocycles. The Morgan fingerprint density at radius 1 is 1.20 bits per heavy atom. The summed E-state index contributed by atoms with van der Waals surface area (Å²) >= 11 is 0. The van der Waals surface area contributed by atoms with Gasteiger partial charge in [-0.15, -0.1) is 5.06 Å². The van der Waals surface area contributed by atoms with Crippen molar-refractivity contribution in [2.24, 2.45) is 4.99 Å². The number of unbranched alkanes of at least 4 members (excludes halogenated alkanes) is 1. The third-order valence-corrected chi connectivity index (χ3v) is 3.42. The molecule has 20 heavy (non-hydrogen) atoms. The molecule has 4 nitrogen and oxygen atoms in total. The maximum absolute atomic E-state index is 5.85. The van der Waals surface area contributed by atoms with Crippen molar-refractivity contribution in [3.05, 3.63) is 35.9 Å². The zero-order valence-corrected chi connectivity index (χ0v) is 12.5. The van der Waals surface area contributed by atoms with Gasteiger partial charge in [-0.3, -0.25) is 0 Å². The summed E-state index contributed by atoms with van der Waals surface area (Å²) in [5, 5.41) is 5.29. The van der Waals surface area contributed by atoms with E-state index >= 15 is 0 Å². The number of benzene rings is 1. The second-order valence-electron chi connectivity index (χ2n) is 4.94. The second-order valence-corrected chi connectivity index (χ2v) is 4.94. The number of nitrogens with one attached hydrogen (secondary N) is 1. The van der Waals surface area contributed by atoms with Crippen LogP contribution < -0.4 is 5.32 Å². The first-order valence-corrected chi connectivity index (χ1v) is 7.62. The first-order chi connectivity index (χ1) is 9.85. The number of aliphatic imine (C=N–C) groups is 1. The molecule has 0 saturated carbocycles. The van der Waals surface area contributed by atoms with Gasteiger partial charge in [-0.2, -0.15) is 0 Å². The molecule has 0 radical (unpaired) electrons. The SMILES string of the molecule is CCNCCCCC1=N[C@@H](c2ccccc2)N(CC)O1. The van der Waals surface area contributed by atoms with E-state index in [0.717, 1.165) is 38.4 Å². The number of hydrogen-bond donors (Lipinski definition) is 1. The first-order valence-electron chi connectivity index (χ1n) is 7.62. The van der Waals surface area contributed by atoms with E-state index in [4.69, 9.17) is 9.83 Å². The molecule has 1 aromatic carbocycles. The predicted molar refractivity (Wildman–Crippen MR) is 82.5 cm³/mol. The molecule has 0 aliphatic carbocycles. The van der Waals surface area contributed by atoms with Crippen molar-refractivity contribution in [1.29, 1.82) is 0 Å². The van der Waals surface area contributed by atoms with Crippen LogP contribution >= 0.6 is 0 Å². The standard InChI is InChI=1S/C16H25N3O/c1-3-17-13-9-8-12-15-18-16(19(4-2)20-15)14-10-6-5-7-11-14/h5-7,10-11,16-17H,3-4,8-9,12-13H2,1-2H3/t16-/m1/s1. The summed E-state index contributed by atoms with van der Waals surface area (Å²) in [4.78, 5) is 10.6. The van der Waals surface area contributed by atoms with E-state index in [1.165, 1.54) is 12.0 Å². The van der Waals surface area contributed by atoms with E-state index in [1.54, 1.807) is 0 Å². The van der Waals surface area contributed by atoms with Gasteiger partial charge in [0.25, 0.3) is 0 Å². The Morgan fingerprint density at radius 3 is 2.70 bits per heavy atom. The molecule has 2 rings (SSSR count). The summed E-state index contributed by atoms with van der Waals surface area (Å²) in [7, 11) is 0. The quantitative estimate of drug-likeness (QED) is 0.741. The summed E-state index contributed by atoms with van der Waals surface area (Å²) in [5.74, 6) is 0.872. The Bertz CT molecular complexity index is 419. The predicted octanol–water partition coefficient (Wildman–Crippen LogP) is 3.13. The third-order valence-electron chi connectivity index (χ3n) is 3.42. The molecule has 0 fully saturated rings. The van der Waals surface area contributed by atoms with Gasteiger partial charge in [0.1, 0.15) is 0 Å². The smallest absolute Gasteiger partial charge is 0.211 e. The van der Waals surface area contributed by atoms with E-state index in [9.17, 15) is 0 Å². The highest BCUT2D eigenvalue weighted by molar-refractivity contribution is 5.77. The number of nitrogens with zero attached hydrogens (tertiary/aromatic N) is 2. The molecule has 0 unspecified atom stereocenters. The Balaban J connectivity index is 1.88. The van der Waals surface area contributed by atoms with Crippen LogP contribution in [0.5, 0.6) is 0 Å². The Labute approximate surface area is 121 Å². The van der Waals surface area contributed by atoms with E-state index in [1.807, 2.05) is 23.3 Å². The zero-order chi connectivity index (χ0) is 14.2. The fourth-order valence-corrected chi connectivity index (χ4v) is 2.33. The molecule has 0 amide bonds. The lowest BCUT2D eigenvalue weighted by molar-refractivity contribution is -0.0816. The molecule has 110 valence electrons. The van der Waals surface area contributed by atoms with Gasteiger partial charge >= 0.3 is 0 Å². The highest BCUT2D eigenvalue weighted by Gasteiger charge is 2.27. The molecule has 1 aromatic rings. The fourth-order valence-electron chi connectivity index (χ4n) is 2.33. The maximum Gasteiger partial charge on any atom is 0.211 e. The van der Waals surface area contributed by atoms with Crippen LogP contribution in [0.1, 0.15) is 44.8 Å². The van der Waals surface area contributed by atoms with Crippen molar-refractivity contribution in [2.45, 2.75) is 39.3 Å². The van der Waals surface area contributed by atoms with Crippen LogP contribution in [0.4, 0.5) is 0 Å². The zero-order valence-electron chi connectivity index (χ0n) is 12.5. The molecule has 1 heterocycles. The van der Waals surface area contributed by atoms with Crippen LogP contribution in [-0.2, 0) is 4.84 Å². The van der Waals surface area contributed by atoms with E-state index in [2.05, 4.69) is 31.3 Å². The second kappa shape index (κ2) is 8.02. The molecule has 0 bridgehead atoms. The summed E-state index contributed by atoms with van der Waals surface area (Å²) in [6.45, 7) is 7.18. The van der Waals surface area contributed by atoms with Crippen molar-refractivity contribution < 1.29 is 4.84 Å². The first kappa shape index (κ1) is 15.0. The lowest BCUT2D eigenvalue weighted by Crippen LogP contribution is -2.23. The van der Waals surface area contributed by atoms with Crippen molar-refractivity contribution in [3.63, 3.8) is 0 Å². The van der Waals surface area contributed by atoms with Gasteiger partial charge in [0.2, 0.25) is 5.90 Å². The molecule has 0 saturated heterocycles. The summed E-state index contributed by atoms with van der Waals surface area (Å²) < 4.78 is 0. The van der Waals surface area contributed by atoms with Gasteiger partial charge < -0.3 is 10.2 Å². The molecule has 0 spiro atoms. The van der Waals surface area contributed by atoms with Gasteiger partial charge in [-0.25, -0.2) is 4.99 Å². The fraction of sp³-hybridized carbons (Fsp3) is 0.562. The van der Waals surface area contributed by atoms with Gasteiger partial charge in [-0.1, -0.05) is 37.3 Å². The van der Waals surface area contributed by atoms with Gasteiger partial charge in [0.05, 0.1) is 0 Å². The van der Waals surface area contributed by atoms with Gasteiger partial charge in [0, 0.05) is 13.0 Å². The molecule has 1 aliphatic rings. The highest BCUT2D eigenvalue weighted by Crippen LogP contribution is 2.28. The van der Waals surface area contributed by atoms with Crippen LogP contribution in [0, 0.1) is 0 Å². The van der Waals surface area contributed by atoms with Crippen molar-refractivity contribution in [2.75, 3.05) is 19.6 Å². The third kappa shape index (κ3) is 4.05. The average Bonchev–Trinajstić information content (AvgIpc) is 2.91. The number of rotatable bonds is 8. The minimum absolute atomic E-state index is 0.0185. The normalized spacial score (nSPS) is 18.9. The topological polar surface area (TPSA) is 36.9 Å². The van der Waals surface area contributed by atoms with E-state index in [-0.39, 0.29) is 6.17 Å². The molecule has 4 heteroatoms. The maximum atomic E-state index is 5.85.